The van der Waals surface area contributed by atoms with Crippen LogP contribution >= 0.6 is 15.9 Å². The standard InChI is InChI=1S/C27H30BrN3O4S/c28-20-10-11-23-24(15-20)29-16-25(36(34,35)31-21-8-2-1-3-9-21)26(23)30-22-13-18(17-6-4-5-7-17)12-19(14-22)27(32)33/h10-17,21,31H,1-9H2,(H,29,30)(H,32,33). The second-order valence-electron chi connectivity index (χ2n) is 9.87. The van der Waals surface area contributed by atoms with Gasteiger partial charge in [-0.1, -0.05) is 48.0 Å². The van der Waals surface area contributed by atoms with E-state index in [1.165, 1.54) is 6.20 Å². The number of fused-ring (bicyclic) bond motifs is 1. The summed E-state index contributed by atoms with van der Waals surface area (Å²) in [5, 5.41) is 13.7. The van der Waals surface area contributed by atoms with Crippen LogP contribution in [-0.4, -0.2) is 30.5 Å². The number of pyridine rings is 1. The van der Waals surface area contributed by atoms with Gasteiger partial charge in [-0.15, -0.1) is 0 Å². The van der Waals surface area contributed by atoms with Gasteiger partial charge in [-0.3, -0.25) is 4.98 Å². The van der Waals surface area contributed by atoms with Gasteiger partial charge in [0.25, 0.3) is 0 Å². The molecule has 190 valence electrons. The topological polar surface area (TPSA) is 108 Å². The zero-order valence-electron chi connectivity index (χ0n) is 20.0. The quantitative estimate of drug-likeness (QED) is 0.291. The molecule has 2 saturated carbocycles. The van der Waals surface area contributed by atoms with Crippen molar-refractivity contribution in [3.8, 4) is 0 Å². The van der Waals surface area contributed by atoms with Gasteiger partial charge < -0.3 is 10.4 Å². The summed E-state index contributed by atoms with van der Waals surface area (Å²) in [6.45, 7) is 0. The Hall–Kier alpha value is -2.49. The third-order valence-electron chi connectivity index (χ3n) is 7.31. The lowest BCUT2D eigenvalue weighted by atomic mass is 9.95. The van der Waals surface area contributed by atoms with E-state index in [-0.39, 0.29) is 16.5 Å². The number of carboxylic acid groups (broad SMARTS) is 1. The first kappa shape index (κ1) is 25.2. The Bertz CT molecular complexity index is 1400. The molecule has 0 amide bonds. The predicted octanol–water partition coefficient (Wildman–Crippen LogP) is 6.71. The number of aromatic carboxylic acids is 1. The van der Waals surface area contributed by atoms with E-state index in [0.29, 0.717) is 28.2 Å². The van der Waals surface area contributed by atoms with Crippen LogP contribution in [0.4, 0.5) is 11.4 Å². The maximum absolute atomic E-state index is 13.6. The zero-order valence-corrected chi connectivity index (χ0v) is 22.4. The van der Waals surface area contributed by atoms with Crippen LogP contribution in [0.15, 0.2) is 52.0 Å². The van der Waals surface area contributed by atoms with E-state index in [9.17, 15) is 18.3 Å². The van der Waals surface area contributed by atoms with E-state index in [4.69, 9.17) is 0 Å². The molecule has 2 fully saturated rings. The fourth-order valence-electron chi connectivity index (χ4n) is 5.47. The monoisotopic (exact) mass is 571 g/mol. The van der Waals surface area contributed by atoms with Crippen LogP contribution in [-0.2, 0) is 10.0 Å². The van der Waals surface area contributed by atoms with Crippen LogP contribution in [0.1, 0.15) is 79.6 Å². The number of anilines is 2. The molecule has 2 aliphatic rings. The number of nitrogens with one attached hydrogen (secondary N) is 2. The molecule has 2 aromatic carbocycles. The number of sulfonamides is 1. The van der Waals surface area contributed by atoms with Crippen molar-refractivity contribution in [1.29, 1.82) is 0 Å². The van der Waals surface area contributed by atoms with Crippen molar-refractivity contribution in [3.05, 3.63) is 58.2 Å². The van der Waals surface area contributed by atoms with Gasteiger partial charge in [-0.2, -0.15) is 0 Å². The number of halogens is 1. The van der Waals surface area contributed by atoms with Crippen molar-refractivity contribution >= 4 is 54.2 Å². The molecule has 7 nitrogen and oxygen atoms in total. The van der Waals surface area contributed by atoms with Gasteiger partial charge in [-0.25, -0.2) is 17.9 Å². The van der Waals surface area contributed by atoms with Crippen LogP contribution in [0.5, 0.6) is 0 Å². The summed E-state index contributed by atoms with van der Waals surface area (Å²) in [5.74, 6) is -0.695. The molecule has 0 unspecified atom stereocenters. The van der Waals surface area contributed by atoms with E-state index in [2.05, 4.69) is 31.0 Å². The third-order valence-corrected chi connectivity index (χ3v) is 9.34. The molecule has 0 aliphatic heterocycles. The van der Waals surface area contributed by atoms with Crippen molar-refractivity contribution in [1.82, 2.24) is 9.71 Å². The van der Waals surface area contributed by atoms with Crippen molar-refractivity contribution in [2.45, 2.75) is 74.6 Å². The lowest BCUT2D eigenvalue weighted by Crippen LogP contribution is -2.36. The Morgan fingerprint density at radius 2 is 1.69 bits per heavy atom. The molecular formula is C27H30BrN3O4S. The number of carboxylic acids is 1. The molecule has 0 saturated heterocycles. The first-order chi connectivity index (χ1) is 17.3. The Morgan fingerprint density at radius 3 is 2.42 bits per heavy atom. The van der Waals surface area contributed by atoms with Gasteiger partial charge >= 0.3 is 5.97 Å². The number of nitrogens with zero attached hydrogens (tertiary/aromatic N) is 1. The molecular weight excluding hydrogens is 542 g/mol. The summed E-state index contributed by atoms with van der Waals surface area (Å²) in [6.07, 6.45) is 10.5. The number of benzene rings is 2. The fourth-order valence-corrected chi connectivity index (χ4v) is 7.24. The first-order valence-electron chi connectivity index (χ1n) is 12.6. The summed E-state index contributed by atoms with van der Waals surface area (Å²) >= 11 is 3.46. The van der Waals surface area contributed by atoms with Crippen LogP contribution in [0, 0.1) is 0 Å². The van der Waals surface area contributed by atoms with Gasteiger partial charge in [-0.05, 0) is 73.6 Å². The summed E-state index contributed by atoms with van der Waals surface area (Å²) in [7, 11) is -3.87. The molecule has 0 spiro atoms. The third kappa shape index (κ3) is 5.43. The van der Waals surface area contributed by atoms with Gasteiger partial charge in [0, 0.05) is 27.8 Å². The Morgan fingerprint density at radius 1 is 0.972 bits per heavy atom. The average Bonchev–Trinajstić information content (AvgIpc) is 3.39. The first-order valence-corrected chi connectivity index (χ1v) is 14.8. The minimum atomic E-state index is -3.87. The average molecular weight is 573 g/mol. The highest BCUT2D eigenvalue weighted by molar-refractivity contribution is 9.10. The number of carbonyl (C=O) groups is 1. The SMILES string of the molecule is O=C(O)c1cc(Nc2c(S(=O)(=O)NC3CCCCC3)cnc3cc(Br)ccc23)cc(C2CCCC2)c1. The lowest BCUT2D eigenvalue weighted by Gasteiger charge is -2.24. The van der Waals surface area contributed by atoms with Gasteiger partial charge in [0.15, 0.2) is 0 Å². The molecule has 5 rings (SSSR count). The van der Waals surface area contributed by atoms with Crippen molar-refractivity contribution < 1.29 is 18.3 Å². The van der Waals surface area contributed by atoms with Crippen LogP contribution in [0.2, 0.25) is 0 Å². The van der Waals surface area contributed by atoms with E-state index in [1.807, 2.05) is 24.3 Å². The molecule has 3 N–H and O–H groups in total. The molecule has 9 heteroatoms. The number of hydrogen-bond donors (Lipinski definition) is 3. The molecule has 0 bridgehead atoms. The second-order valence-corrected chi connectivity index (χ2v) is 12.5. The summed E-state index contributed by atoms with van der Waals surface area (Å²) in [6, 6.07) is 10.7. The van der Waals surface area contributed by atoms with Crippen molar-refractivity contribution in [2.24, 2.45) is 0 Å². The normalized spacial score (nSPS) is 17.5. The van der Waals surface area contributed by atoms with Gasteiger partial charge in [0.1, 0.15) is 4.90 Å². The van der Waals surface area contributed by atoms with E-state index < -0.39 is 16.0 Å². The minimum absolute atomic E-state index is 0.0611. The number of hydrogen-bond acceptors (Lipinski definition) is 5. The minimum Gasteiger partial charge on any atom is -0.478 e. The molecule has 36 heavy (non-hydrogen) atoms. The smallest absolute Gasteiger partial charge is 0.335 e. The van der Waals surface area contributed by atoms with Crippen LogP contribution < -0.4 is 10.0 Å². The molecule has 0 atom stereocenters. The van der Waals surface area contributed by atoms with E-state index in [0.717, 1.165) is 67.8 Å². The zero-order chi connectivity index (χ0) is 25.3. The predicted molar refractivity (Wildman–Crippen MR) is 145 cm³/mol. The Labute approximate surface area is 219 Å². The number of rotatable bonds is 7. The van der Waals surface area contributed by atoms with Gasteiger partial charge in [0.05, 0.1) is 16.8 Å². The van der Waals surface area contributed by atoms with Crippen molar-refractivity contribution in [2.75, 3.05) is 5.32 Å². The summed E-state index contributed by atoms with van der Waals surface area (Å²) in [4.78, 5) is 16.4. The number of aromatic nitrogens is 1. The highest BCUT2D eigenvalue weighted by Gasteiger charge is 2.27. The van der Waals surface area contributed by atoms with E-state index in [1.54, 1.807) is 12.1 Å². The lowest BCUT2D eigenvalue weighted by molar-refractivity contribution is 0.0696. The maximum Gasteiger partial charge on any atom is 0.335 e. The fraction of sp³-hybridized carbons (Fsp3) is 0.407. The Kier molecular flexibility index (Phi) is 7.32. The molecule has 0 radical (unpaired) electrons. The largest absolute Gasteiger partial charge is 0.478 e. The molecule has 3 aromatic rings. The van der Waals surface area contributed by atoms with Crippen molar-refractivity contribution in [3.63, 3.8) is 0 Å². The summed E-state index contributed by atoms with van der Waals surface area (Å²) < 4.78 is 30.9. The molecule has 2 aliphatic carbocycles. The van der Waals surface area contributed by atoms with Crippen LogP contribution in [0.25, 0.3) is 10.9 Å². The maximum atomic E-state index is 13.6. The van der Waals surface area contributed by atoms with E-state index >= 15 is 0 Å². The highest BCUT2D eigenvalue weighted by atomic mass is 79.9. The molecule has 1 aromatic heterocycles. The molecule has 1 heterocycles. The van der Waals surface area contributed by atoms with Crippen LogP contribution in [0.3, 0.4) is 0 Å². The highest BCUT2D eigenvalue weighted by Crippen LogP contribution is 2.38. The van der Waals surface area contributed by atoms with Gasteiger partial charge in [0.2, 0.25) is 10.0 Å². The second kappa shape index (κ2) is 10.5. The Balaban J connectivity index is 1.60. The summed E-state index contributed by atoms with van der Waals surface area (Å²) in [5.41, 5.74) is 2.75.